The number of rotatable bonds is 14. The molecule has 2 aromatic carbocycles. The second kappa shape index (κ2) is 17.8. The molecule has 3 aromatic rings. The van der Waals surface area contributed by atoms with Crippen LogP contribution in [0, 0.1) is 17.3 Å². The van der Waals surface area contributed by atoms with E-state index in [9.17, 15) is 14.4 Å². The van der Waals surface area contributed by atoms with Gasteiger partial charge in [-0.05, 0) is 96.1 Å². The van der Waals surface area contributed by atoms with Crippen molar-refractivity contribution in [1.29, 1.82) is 0 Å². The Balaban J connectivity index is 1.25. The molecular formula is C47H65BN5O9S+. The van der Waals surface area contributed by atoms with Gasteiger partial charge in [0.2, 0.25) is 0 Å². The lowest BCUT2D eigenvalue weighted by Crippen LogP contribution is -2.65. The SMILES string of the molecule is COc1c(CC(NC(=O)/C(=N\OCc2ccccc2)c2csc(NC(=O)OC(C)(C)C)n2)B2OC3C[C@H]4C[C@@H](C4(C)C)[C@]3(C)O2)ccc(C[N+]2(C)CCCC2)c1C(=O)OC(C)(C)C. The summed E-state index contributed by atoms with van der Waals surface area (Å²) in [5.41, 5.74) is 0.835. The molecule has 2 aliphatic heterocycles. The van der Waals surface area contributed by atoms with Gasteiger partial charge in [0.25, 0.3) is 5.91 Å². The predicted octanol–water partition coefficient (Wildman–Crippen LogP) is 8.11. The molecule has 2 bridgehead atoms. The summed E-state index contributed by atoms with van der Waals surface area (Å²) < 4.78 is 32.3. The predicted molar refractivity (Wildman–Crippen MR) is 243 cm³/mol. The summed E-state index contributed by atoms with van der Waals surface area (Å²) in [6.07, 6.45) is 3.47. The molecule has 1 aromatic heterocycles. The highest BCUT2D eigenvalue weighted by molar-refractivity contribution is 7.14. The molecule has 0 spiro atoms. The zero-order valence-corrected chi connectivity index (χ0v) is 39.6. The summed E-state index contributed by atoms with van der Waals surface area (Å²) in [5.74, 6) is -0.712. The third-order valence-corrected chi connectivity index (χ3v) is 13.9. The highest BCUT2D eigenvalue weighted by atomic mass is 32.1. The second-order valence-electron chi connectivity index (χ2n) is 20.7. The lowest BCUT2D eigenvalue weighted by Gasteiger charge is -2.64. The first-order chi connectivity index (χ1) is 29.6. The van der Waals surface area contributed by atoms with Crippen LogP contribution in [-0.4, -0.2) is 96.4 Å². The van der Waals surface area contributed by atoms with Gasteiger partial charge in [-0.3, -0.25) is 10.1 Å². The first-order valence-corrected chi connectivity index (χ1v) is 23.0. The molecule has 3 aliphatic carbocycles. The Labute approximate surface area is 376 Å². The number of hydrogen-bond donors (Lipinski definition) is 2. The lowest BCUT2D eigenvalue weighted by molar-refractivity contribution is -0.910. The van der Waals surface area contributed by atoms with Crippen LogP contribution in [0.25, 0.3) is 0 Å². The van der Waals surface area contributed by atoms with Crippen molar-refractivity contribution in [3.63, 3.8) is 0 Å². The van der Waals surface area contributed by atoms with Crippen LogP contribution >= 0.6 is 11.3 Å². The number of anilines is 1. The average Bonchev–Trinajstić information content (AvgIpc) is 3.93. The van der Waals surface area contributed by atoms with E-state index in [2.05, 4.69) is 48.6 Å². The molecule has 5 fully saturated rings. The molecule has 2 amide bonds. The average molecular weight is 887 g/mol. The van der Waals surface area contributed by atoms with Gasteiger partial charge >= 0.3 is 19.2 Å². The number of carbonyl (C=O) groups excluding carboxylic acids is 3. The Morgan fingerprint density at radius 2 is 1.67 bits per heavy atom. The molecule has 2 unspecified atom stereocenters. The summed E-state index contributed by atoms with van der Waals surface area (Å²) in [5, 5.41) is 12.1. The smallest absolute Gasteiger partial charge is 0.482 e. The molecule has 5 atom stereocenters. The van der Waals surface area contributed by atoms with Gasteiger partial charge in [-0.15, -0.1) is 11.3 Å². The van der Waals surface area contributed by atoms with Crippen molar-refractivity contribution in [1.82, 2.24) is 10.3 Å². The summed E-state index contributed by atoms with van der Waals surface area (Å²) >= 11 is 1.12. The monoisotopic (exact) mass is 886 g/mol. The van der Waals surface area contributed by atoms with Crippen LogP contribution in [0.2, 0.25) is 0 Å². The van der Waals surface area contributed by atoms with E-state index in [1.807, 2.05) is 63.2 Å². The number of likely N-dealkylation sites (tertiary alicyclic amines) is 1. The minimum absolute atomic E-state index is 0.0870. The van der Waals surface area contributed by atoms with E-state index < -0.39 is 47.8 Å². The van der Waals surface area contributed by atoms with Gasteiger partial charge in [-0.2, -0.15) is 0 Å². The molecule has 5 aliphatic rings. The van der Waals surface area contributed by atoms with Gasteiger partial charge in [-0.25, -0.2) is 14.6 Å². The zero-order chi connectivity index (χ0) is 45.5. The van der Waals surface area contributed by atoms with Crippen molar-refractivity contribution >= 4 is 47.3 Å². The fourth-order valence-corrected chi connectivity index (χ4v) is 10.6. The number of aromatic nitrogens is 1. The van der Waals surface area contributed by atoms with E-state index in [0.717, 1.165) is 65.7 Å². The van der Waals surface area contributed by atoms with E-state index in [0.29, 0.717) is 29.3 Å². The number of thiazole rings is 1. The molecule has 2 N–H and O–H groups in total. The maximum atomic E-state index is 14.8. The van der Waals surface area contributed by atoms with Crippen LogP contribution < -0.4 is 15.4 Å². The van der Waals surface area contributed by atoms with Crippen LogP contribution in [0.4, 0.5) is 9.93 Å². The van der Waals surface area contributed by atoms with Crippen LogP contribution in [-0.2, 0) is 48.0 Å². The highest BCUT2D eigenvalue weighted by Gasteiger charge is 2.68. The van der Waals surface area contributed by atoms with Crippen LogP contribution in [0.3, 0.4) is 0 Å². The number of esters is 1. The fourth-order valence-electron chi connectivity index (χ4n) is 9.95. The van der Waals surface area contributed by atoms with E-state index in [4.69, 9.17) is 28.4 Å². The number of methoxy groups -OCH3 is 1. The normalized spacial score (nSPS) is 24.1. The van der Waals surface area contributed by atoms with Gasteiger partial charge in [-0.1, -0.05) is 61.5 Å². The van der Waals surface area contributed by atoms with Crippen LogP contribution in [0.1, 0.15) is 121 Å². The standard InChI is InChI=1S/C47H64BN5O9S/c1-44(2,3)59-41(55)37-31(26-53(10)21-15-16-22-53)20-19-30(39(37)57-11)23-36(48-61-35-25-32-24-34(46(32,7)8)47(35,9)62-48)50-40(54)38(52-58-27-29-17-13-12-14-18-29)33-28-63-42(49-33)51-43(56)60-45(4,5)6/h12-14,17-20,28,32,34-36H,15-16,21-27H2,1-11H3,(H-,49,50,51,54,56)/p+1/b52-38-/t32-,34+,35?,36?,47+/m1/s1. The summed E-state index contributed by atoms with van der Waals surface area (Å²) in [7, 11) is 2.91. The van der Waals surface area contributed by atoms with E-state index in [1.54, 1.807) is 33.3 Å². The first kappa shape index (κ1) is 46.5. The Bertz CT molecular complexity index is 2200. The number of carbonyl (C=O) groups is 3. The minimum atomic E-state index is -0.867. The van der Waals surface area contributed by atoms with Crippen LogP contribution in [0.5, 0.6) is 5.75 Å². The third kappa shape index (κ3) is 10.4. The molecule has 63 heavy (non-hydrogen) atoms. The quantitative estimate of drug-likeness (QED) is 0.0533. The van der Waals surface area contributed by atoms with Crippen LogP contribution in [0.15, 0.2) is 53.0 Å². The Kier molecular flexibility index (Phi) is 13.1. The van der Waals surface area contributed by atoms with Gasteiger partial charge in [0.15, 0.2) is 10.8 Å². The van der Waals surface area contributed by atoms with Gasteiger partial charge in [0, 0.05) is 23.8 Å². The molecule has 3 saturated carbocycles. The minimum Gasteiger partial charge on any atom is -0.496 e. The topological polar surface area (TPSA) is 156 Å². The number of hydrogen-bond acceptors (Lipinski definition) is 12. The number of quaternary nitrogens is 1. The van der Waals surface area contributed by atoms with Crippen molar-refractivity contribution in [2.45, 2.75) is 136 Å². The third-order valence-electron chi connectivity index (χ3n) is 13.2. The van der Waals surface area contributed by atoms with Crippen molar-refractivity contribution in [2.75, 3.05) is 32.6 Å². The summed E-state index contributed by atoms with van der Waals surface area (Å²) in [4.78, 5) is 52.1. The molecule has 2 saturated heterocycles. The van der Waals surface area contributed by atoms with Crippen molar-refractivity contribution < 1.29 is 47.2 Å². The second-order valence-corrected chi connectivity index (χ2v) is 21.6. The Hall–Kier alpha value is -4.51. The number of oxime groups is 1. The molecule has 3 heterocycles. The molecule has 340 valence electrons. The summed E-state index contributed by atoms with van der Waals surface area (Å²) in [6, 6.07) is 13.4. The number of nitrogens with one attached hydrogen (secondary N) is 2. The number of nitrogens with zero attached hydrogens (tertiary/aromatic N) is 3. The van der Waals surface area contributed by atoms with Crippen molar-refractivity contribution in [2.24, 2.45) is 22.4 Å². The van der Waals surface area contributed by atoms with Gasteiger partial charge in [0.1, 0.15) is 41.4 Å². The maximum Gasteiger partial charge on any atom is 0.482 e. The number of benzene rings is 2. The number of ether oxygens (including phenoxy) is 3. The maximum absolute atomic E-state index is 14.8. The van der Waals surface area contributed by atoms with Crippen molar-refractivity contribution in [3.05, 3.63) is 75.8 Å². The van der Waals surface area contributed by atoms with Gasteiger partial charge in [0.05, 0.1) is 44.9 Å². The summed E-state index contributed by atoms with van der Waals surface area (Å²) in [6.45, 7) is 20.3. The van der Waals surface area contributed by atoms with Gasteiger partial charge < -0.3 is 38.2 Å². The van der Waals surface area contributed by atoms with Crippen molar-refractivity contribution in [3.8, 4) is 5.75 Å². The first-order valence-electron chi connectivity index (χ1n) is 22.2. The zero-order valence-electron chi connectivity index (χ0n) is 38.8. The highest BCUT2D eigenvalue weighted by Crippen LogP contribution is 2.65. The Morgan fingerprint density at radius 3 is 2.32 bits per heavy atom. The Morgan fingerprint density at radius 1 is 0.984 bits per heavy atom. The molecular weight excluding hydrogens is 821 g/mol. The lowest BCUT2D eigenvalue weighted by atomic mass is 9.43. The molecule has 14 nitrogen and oxygen atoms in total. The molecule has 0 radical (unpaired) electrons. The molecule has 8 rings (SSSR count). The van der Waals surface area contributed by atoms with E-state index in [-0.39, 0.29) is 47.0 Å². The largest absolute Gasteiger partial charge is 0.496 e. The van der Waals surface area contributed by atoms with E-state index in [1.165, 1.54) is 0 Å². The molecule has 16 heteroatoms. The fraction of sp³-hybridized carbons (Fsp3) is 0.596. The van der Waals surface area contributed by atoms with E-state index >= 15 is 0 Å². The number of amides is 2.